The Balaban J connectivity index is 2.02. The lowest BCUT2D eigenvalue weighted by Gasteiger charge is -2.19. The number of nitrogens with one attached hydrogen (secondary N) is 1. The van der Waals surface area contributed by atoms with Crippen molar-refractivity contribution in [3.63, 3.8) is 0 Å². The van der Waals surface area contributed by atoms with Crippen LogP contribution >= 0.6 is 0 Å². The van der Waals surface area contributed by atoms with Gasteiger partial charge < -0.3 is 19.9 Å². The average molecular weight is 362 g/mol. The van der Waals surface area contributed by atoms with Crippen LogP contribution in [0.15, 0.2) is 24.5 Å². The molecular weight excluding hydrogens is 340 g/mol. The second-order valence-corrected chi connectivity index (χ2v) is 6.50. The smallest absolute Gasteiger partial charge is 0.407 e. The fourth-order valence-electron chi connectivity index (χ4n) is 2.09. The molecule has 0 fully saturated rings. The Hall–Kier alpha value is -3.10. The first-order valence-corrected chi connectivity index (χ1v) is 7.97. The largest absolute Gasteiger partial charge is 0.497 e. The third-order valence-corrected chi connectivity index (χ3v) is 3.19. The van der Waals surface area contributed by atoms with Gasteiger partial charge in [0.15, 0.2) is 5.69 Å². The molecule has 0 atom stereocenters. The fourth-order valence-corrected chi connectivity index (χ4v) is 2.09. The number of carbonyl (C=O) groups excluding carboxylic acids is 1. The Morgan fingerprint density at radius 3 is 2.65 bits per heavy atom. The van der Waals surface area contributed by atoms with Crippen molar-refractivity contribution >= 4 is 12.1 Å². The number of alkyl carbamates (subject to hydrolysis) is 1. The number of hydrogen-bond donors (Lipinski definition) is 2. The minimum absolute atomic E-state index is 0.112. The molecule has 9 nitrogen and oxygen atoms in total. The number of aromatic carboxylic acids is 1. The highest BCUT2D eigenvalue weighted by atomic mass is 16.6. The number of carboxylic acid groups (broad SMARTS) is 1. The Kier molecular flexibility index (Phi) is 5.81. The van der Waals surface area contributed by atoms with Crippen LogP contribution in [0.25, 0.3) is 11.3 Å². The fraction of sp³-hybridized carbons (Fsp3) is 0.412. The van der Waals surface area contributed by atoms with Gasteiger partial charge in [0.25, 0.3) is 0 Å². The van der Waals surface area contributed by atoms with Crippen molar-refractivity contribution in [2.45, 2.75) is 32.9 Å². The van der Waals surface area contributed by atoms with E-state index in [0.29, 0.717) is 30.1 Å². The lowest BCUT2D eigenvalue weighted by Crippen LogP contribution is -2.34. The van der Waals surface area contributed by atoms with Crippen LogP contribution in [0.2, 0.25) is 0 Å². The lowest BCUT2D eigenvalue weighted by atomic mass is 10.2. The Morgan fingerprint density at radius 1 is 1.31 bits per heavy atom. The first-order valence-electron chi connectivity index (χ1n) is 7.97. The number of carbonyl (C=O) groups is 2. The lowest BCUT2D eigenvalue weighted by molar-refractivity contribution is 0.0525. The van der Waals surface area contributed by atoms with E-state index in [1.165, 1.54) is 13.2 Å². The van der Waals surface area contributed by atoms with E-state index in [-0.39, 0.29) is 5.69 Å². The van der Waals surface area contributed by atoms with Gasteiger partial charge in [0.1, 0.15) is 11.4 Å². The van der Waals surface area contributed by atoms with Crippen LogP contribution in [0.4, 0.5) is 4.79 Å². The summed E-state index contributed by atoms with van der Waals surface area (Å²) in [5.74, 6) is -0.745. The molecule has 0 aliphatic rings. The summed E-state index contributed by atoms with van der Waals surface area (Å²) in [6, 6.07) is 2.98. The molecule has 9 heteroatoms. The Morgan fingerprint density at radius 2 is 2.04 bits per heavy atom. The third-order valence-electron chi connectivity index (χ3n) is 3.19. The molecular formula is C17H22N4O5. The van der Waals surface area contributed by atoms with Crippen molar-refractivity contribution in [1.29, 1.82) is 0 Å². The summed E-state index contributed by atoms with van der Waals surface area (Å²) >= 11 is 0. The minimum Gasteiger partial charge on any atom is -0.497 e. The number of carboxylic acids is 1. The molecule has 2 N–H and O–H groups in total. The average Bonchev–Trinajstić information content (AvgIpc) is 3.01. The Labute approximate surface area is 150 Å². The van der Waals surface area contributed by atoms with Crippen molar-refractivity contribution < 1.29 is 24.2 Å². The van der Waals surface area contributed by atoms with Crippen LogP contribution in [-0.2, 0) is 11.3 Å². The van der Waals surface area contributed by atoms with Crippen molar-refractivity contribution in [3.05, 3.63) is 30.2 Å². The number of pyridine rings is 1. The summed E-state index contributed by atoms with van der Waals surface area (Å²) in [4.78, 5) is 26.9. The quantitative estimate of drug-likeness (QED) is 0.809. The number of nitrogens with zero attached hydrogens (tertiary/aromatic N) is 3. The van der Waals surface area contributed by atoms with Gasteiger partial charge in [-0.15, -0.1) is 0 Å². The molecule has 2 rings (SSSR count). The van der Waals surface area contributed by atoms with Gasteiger partial charge in [-0.25, -0.2) is 14.6 Å². The molecule has 0 aliphatic carbocycles. The summed E-state index contributed by atoms with van der Waals surface area (Å²) in [6.45, 7) is 6.13. The van der Waals surface area contributed by atoms with Crippen molar-refractivity contribution in [2.75, 3.05) is 13.7 Å². The Bertz CT molecular complexity index is 795. The number of rotatable bonds is 6. The van der Waals surface area contributed by atoms with Gasteiger partial charge in [-0.05, 0) is 20.8 Å². The number of amides is 1. The molecule has 0 radical (unpaired) electrons. The molecule has 140 valence electrons. The number of ether oxygens (including phenoxy) is 2. The molecule has 2 aromatic heterocycles. The number of methoxy groups -OCH3 is 1. The van der Waals surface area contributed by atoms with E-state index in [4.69, 9.17) is 14.6 Å². The van der Waals surface area contributed by atoms with Gasteiger partial charge in [-0.3, -0.25) is 4.68 Å². The second kappa shape index (κ2) is 7.85. The van der Waals surface area contributed by atoms with Crippen LogP contribution in [0, 0.1) is 0 Å². The van der Waals surface area contributed by atoms with Gasteiger partial charge in [0.05, 0.1) is 25.5 Å². The van der Waals surface area contributed by atoms with E-state index in [1.807, 2.05) is 0 Å². The summed E-state index contributed by atoms with van der Waals surface area (Å²) in [6.07, 6.45) is 2.79. The maximum Gasteiger partial charge on any atom is 0.407 e. The molecule has 0 saturated heterocycles. The summed E-state index contributed by atoms with van der Waals surface area (Å²) < 4.78 is 11.9. The second-order valence-electron chi connectivity index (χ2n) is 6.50. The van der Waals surface area contributed by atoms with E-state index in [0.717, 1.165) is 0 Å². The molecule has 2 aromatic rings. The number of aromatic nitrogens is 3. The first kappa shape index (κ1) is 19.2. The molecule has 0 bridgehead atoms. The topological polar surface area (TPSA) is 116 Å². The monoisotopic (exact) mass is 362 g/mol. The van der Waals surface area contributed by atoms with E-state index in [2.05, 4.69) is 15.4 Å². The highest BCUT2D eigenvalue weighted by molar-refractivity contribution is 5.86. The molecule has 0 unspecified atom stereocenters. The molecule has 1 amide bonds. The predicted molar refractivity (Wildman–Crippen MR) is 93.2 cm³/mol. The van der Waals surface area contributed by atoms with Crippen molar-refractivity contribution in [2.24, 2.45) is 0 Å². The van der Waals surface area contributed by atoms with Gasteiger partial charge in [-0.2, -0.15) is 5.10 Å². The van der Waals surface area contributed by atoms with Gasteiger partial charge >= 0.3 is 12.1 Å². The van der Waals surface area contributed by atoms with E-state index in [1.54, 1.807) is 43.9 Å². The third kappa shape index (κ3) is 5.47. The zero-order chi connectivity index (χ0) is 19.3. The highest BCUT2D eigenvalue weighted by Gasteiger charge is 2.16. The van der Waals surface area contributed by atoms with Crippen LogP contribution in [0.1, 0.15) is 31.3 Å². The SMILES string of the molecule is COc1cc(C(=O)O)nc(-c2cnn(CCNC(=O)OC(C)(C)C)c2)c1. The van der Waals surface area contributed by atoms with Gasteiger partial charge in [0, 0.05) is 30.4 Å². The first-order chi connectivity index (χ1) is 12.2. The van der Waals surface area contributed by atoms with E-state index < -0.39 is 17.7 Å². The standard InChI is InChI=1S/C17H22N4O5/c1-17(2,3)26-16(24)18-5-6-21-10-11(9-19-21)13-7-12(25-4)8-14(20-13)15(22)23/h7-10H,5-6H2,1-4H3,(H,18,24)(H,22,23). The maximum atomic E-state index is 11.6. The van der Waals surface area contributed by atoms with Crippen LogP contribution in [0.5, 0.6) is 5.75 Å². The van der Waals surface area contributed by atoms with Gasteiger partial charge in [-0.1, -0.05) is 0 Å². The minimum atomic E-state index is -1.14. The number of hydrogen-bond acceptors (Lipinski definition) is 6. The summed E-state index contributed by atoms with van der Waals surface area (Å²) in [7, 11) is 1.45. The van der Waals surface area contributed by atoms with Crippen LogP contribution < -0.4 is 10.1 Å². The van der Waals surface area contributed by atoms with E-state index in [9.17, 15) is 9.59 Å². The van der Waals surface area contributed by atoms with Gasteiger partial charge in [0.2, 0.25) is 0 Å². The normalized spacial score (nSPS) is 11.1. The van der Waals surface area contributed by atoms with Crippen LogP contribution in [-0.4, -0.2) is 51.2 Å². The van der Waals surface area contributed by atoms with E-state index >= 15 is 0 Å². The highest BCUT2D eigenvalue weighted by Crippen LogP contribution is 2.22. The summed E-state index contributed by atoms with van der Waals surface area (Å²) in [5, 5.41) is 16.0. The zero-order valence-corrected chi connectivity index (χ0v) is 15.1. The predicted octanol–water partition coefficient (Wildman–Crippen LogP) is 2.18. The molecule has 2 heterocycles. The summed E-state index contributed by atoms with van der Waals surface area (Å²) in [5.41, 5.74) is 0.415. The molecule has 0 aliphatic heterocycles. The van der Waals surface area contributed by atoms with Crippen LogP contribution in [0.3, 0.4) is 0 Å². The molecule has 26 heavy (non-hydrogen) atoms. The van der Waals surface area contributed by atoms with Crippen molar-refractivity contribution in [3.8, 4) is 17.0 Å². The molecule has 0 saturated carbocycles. The maximum absolute atomic E-state index is 11.6. The molecule has 0 aromatic carbocycles. The molecule has 0 spiro atoms. The zero-order valence-electron chi connectivity index (χ0n) is 15.1. The van der Waals surface area contributed by atoms with Crippen molar-refractivity contribution in [1.82, 2.24) is 20.1 Å².